The summed E-state index contributed by atoms with van der Waals surface area (Å²) < 4.78 is 1.88. The van der Waals surface area contributed by atoms with E-state index in [9.17, 15) is 9.59 Å². The Morgan fingerprint density at radius 2 is 2.35 bits per heavy atom. The third-order valence-electron chi connectivity index (χ3n) is 2.79. The van der Waals surface area contributed by atoms with Crippen LogP contribution in [-0.4, -0.2) is 21.2 Å². The molecule has 0 saturated heterocycles. The van der Waals surface area contributed by atoms with Crippen LogP contribution < -0.4 is 11.2 Å². The molecule has 0 saturated carbocycles. The number of aryl methyl sites for hydroxylation is 1. The maximum Gasteiger partial charge on any atom is 0.254 e. The highest BCUT2D eigenvalue weighted by Crippen LogP contribution is 2.28. The molecule has 1 aliphatic rings. The molecule has 2 aromatic heterocycles. The molecule has 86 valence electrons. The number of rotatable bonds is 1. The fraction of sp³-hybridized carbons (Fsp3) is 0.182. The standard InChI is InChI=1S/C11H9N3O2S/c12-10(16)7-5-14-3-4-17-11-8(14)6(9(7)15)1-2-13-11/h1-2,5H,3-4H2,(H2,12,16). The minimum absolute atomic E-state index is 0.0431. The average Bonchev–Trinajstić information content (AvgIpc) is 2.33. The van der Waals surface area contributed by atoms with Crippen molar-refractivity contribution in [2.45, 2.75) is 11.6 Å². The lowest BCUT2D eigenvalue weighted by molar-refractivity contribution is 0.0999. The molecule has 6 heteroatoms. The van der Waals surface area contributed by atoms with Crippen molar-refractivity contribution in [3.8, 4) is 0 Å². The van der Waals surface area contributed by atoms with Crippen LogP contribution in [-0.2, 0) is 6.54 Å². The number of nitrogens with two attached hydrogens (primary N) is 1. The maximum absolute atomic E-state index is 12.1. The molecule has 0 bridgehead atoms. The summed E-state index contributed by atoms with van der Waals surface area (Å²) in [4.78, 5) is 27.5. The summed E-state index contributed by atoms with van der Waals surface area (Å²) in [5.41, 5.74) is 5.75. The number of thioether (sulfide) groups is 1. The summed E-state index contributed by atoms with van der Waals surface area (Å²) in [7, 11) is 0. The number of hydrogen-bond donors (Lipinski definition) is 1. The number of carbonyl (C=O) groups is 1. The molecule has 2 aromatic rings. The Hall–Kier alpha value is -1.82. The van der Waals surface area contributed by atoms with Gasteiger partial charge in [-0.3, -0.25) is 9.59 Å². The first kappa shape index (κ1) is 10.3. The maximum atomic E-state index is 12.1. The lowest BCUT2D eigenvalue weighted by Gasteiger charge is -2.18. The minimum atomic E-state index is -0.683. The Morgan fingerprint density at radius 1 is 1.53 bits per heavy atom. The SMILES string of the molecule is NC(=O)c1cn2c3c(nccc3c1=O)SCC2. The zero-order chi connectivity index (χ0) is 12.0. The smallest absolute Gasteiger partial charge is 0.254 e. The quantitative estimate of drug-likeness (QED) is 0.800. The van der Waals surface area contributed by atoms with Gasteiger partial charge in [-0.1, -0.05) is 0 Å². The van der Waals surface area contributed by atoms with Gasteiger partial charge in [0.1, 0.15) is 10.6 Å². The van der Waals surface area contributed by atoms with Gasteiger partial charge in [-0.2, -0.15) is 0 Å². The van der Waals surface area contributed by atoms with Gasteiger partial charge in [-0.15, -0.1) is 11.8 Å². The second kappa shape index (κ2) is 3.59. The van der Waals surface area contributed by atoms with E-state index in [1.54, 1.807) is 24.0 Å². The summed E-state index contributed by atoms with van der Waals surface area (Å²) in [5, 5.41) is 1.35. The largest absolute Gasteiger partial charge is 0.365 e. The third kappa shape index (κ3) is 1.44. The molecule has 1 amide bonds. The van der Waals surface area contributed by atoms with Gasteiger partial charge in [0.15, 0.2) is 0 Å². The summed E-state index contributed by atoms with van der Waals surface area (Å²) in [5.74, 6) is 0.192. The van der Waals surface area contributed by atoms with Crippen molar-refractivity contribution < 1.29 is 4.79 Å². The molecule has 0 unspecified atom stereocenters. The van der Waals surface area contributed by atoms with Gasteiger partial charge in [0.25, 0.3) is 5.91 Å². The van der Waals surface area contributed by atoms with Crippen LogP contribution >= 0.6 is 11.8 Å². The van der Waals surface area contributed by atoms with Gasteiger partial charge in [-0.25, -0.2) is 4.98 Å². The van der Waals surface area contributed by atoms with E-state index in [1.165, 1.54) is 6.20 Å². The molecule has 0 aliphatic carbocycles. The molecule has 0 atom stereocenters. The number of amides is 1. The van der Waals surface area contributed by atoms with E-state index in [2.05, 4.69) is 4.98 Å². The number of nitrogens with zero attached hydrogens (tertiary/aromatic N) is 2. The van der Waals surface area contributed by atoms with E-state index in [-0.39, 0.29) is 11.0 Å². The van der Waals surface area contributed by atoms with Crippen molar-refractivity contribution >= 4 is 28.6 Å². The Kier molecular flexibility index (Phi) is 2.19. The van der Waals surface area contributed by atoms with Crippen molar-refractivity contribution in [2.75, 3.05) is 5.75 Å². The topological polar surface area (TPSA) is 78.0 Å². The predicted molar refractivity (Wildman–Crippen MR) is 65.2 cm³/mol. The van der Waals surface area contributed by atoms with E-state index in [4.69, 9.17) is 5.73 Å². The first-order valence-electron chi connectivity index (χ1n) is 5.13. The minimum Gasteiger partial charge on any atom is -0.365 e. The molecule has 3 rings (SSSR count). The van der Waals surface area contributed by atoms with Crippen molar-refractivity contribution in [1.29, 1.82) is 0 Å². The Balaban J connectivity index is 2.51. The molecular formula is C11H9N3O2S. The number of hydrogen-bond acceptors (Lipinski definition) is 4. The Bertz CT molecular complexity index is 693. The Morgan fingerprint density at radius 3 is 3.12 bits per heavy atom. The lowest BCUT2D eigenvalue weighted by Crippen LogP contribution is -2.25. The van der Waals surface area contributed by atoms with E-state index in [0.29, 0.717) is 5.39 Å². The van der Waals surface area contributed by atoms with Crippen LogP contribution in [0.3, 0.4) is 0 Å². The fourth-order valence-electron chi connectivity index (χ4n) is 2.02. The highest BCUT2D eigenvalue weighted by molar-refractivity contribution is 7.99. The van der Waals surface area contributed by atoms with Gasteiger partial charge in [0, 0.05) is 24.7 Å². The van der Waals surface area contributed by atoms with Crippen molar-refractivity contribution in [1.82, 2.24) is 9.55 Å². The molecule has 1 aliphatic heterocycles. The molecule has 0 radical (unpaired) electrons. The summed E-state index contributed by atoms with van der Waals surface area (Å²) in [6.45, 7) is 0.750. The molecule has 0 spiro atoms. The third-order valence-corrected chi connectivity index (χ3v) is 3.75. The van der Waals surface area contributed by atoms with Crippen LogP contribution in [0, 0.1) is 0 Å². The summed E-state index contributed by atoms with van der Waals surface area (Å²) >= 11 is 1.62. The Labute approximate surface area is 101 Å². The van der Waals surface area contributed by atoms with Crippen molar-refractivity contribution in [3.63, 3.8) is 0 Å². The molecule has 2 N–H and O–H groups in total. The normalized spacial score (nSPS) is 13.9. The second-order valence-electron chi connectivity index (χ2n) is 3.79. The zero-order valence-electron chi connectivity index (χ0n) is 8.84. The van der Waals surface area contributed by atoms with Crippen LogP contribution in [0.15, 0.2) is 28.3 Å². The van der Waals surface area contributed by atoms with Crippen LogP contribution in [0.25, 0.3) is 10.9 Å². The molecule has 3 heterocycles. The first-order valence-corrected chi connectivity index (χ1v) is 6.12. The predicted octanol–water partition coefficient (Wildman–Crippen LogP) is 0.601. The van der Waals surface area contributed by atoms with Crippen molar-refractivity contribution in [3.05, 3.63) is 34.2 Å². The molecule has 5 nitrogen and oxygen atoms in total. The number of carbonyl (C=O) groups excluding carboxylic acids is 1. The van der Waals surface area contributed by atoms with Crippen molar-refractivity contribution in [2.24, 2.45) is 5.73 Å². The van der Waals surface area contributed by atoms with Crippen LogP contribution in [0.5, 0.6) is 0 Å². The first-order chi connectivity index (χ1) is 8.18. The number of pyridine rings is 2. The van der Waals surface area contributed by atoms with Crippen LogP contribution in [0.4, 0.5) is 0 Å². The van der Waals surface area contributed by atoms with Gasteiger partial charge in [-0.05, 0) is 6.07 Å². The highest BCUT2D eigenvalue weighted by atomic mass is 32.2. The summed E-state index contributed by atoms with van der Waals surface area (Å²) in [6.07, 6.45) is 3.13. The van der Waals surface area contributed by atoms with E-state index in [1.807, 2.05) is 4.57 Å². The van der Waals surface area contributed by atoms with E-state index in [0.717, 1.165) is 22.8 Å². The van der Waals surface area contributed by atoms with Gasteiger partial charge >= 0.3 is 0 Å². The van der Waals surface area contributed by atoms with Crippen LogP contribution in [0.2, 0.25) is 0 Å². The fourth-order valence-corrected chi connectivity index (χ4v) is 3.00. The molecule has 0 aromatic carbocycles. The van der Waals surface area contributed by atoms with Gasteiger partial charge in [0.2, 0.25) is 5.43 Å². The van der Waals surface area contributed by atoms with E-state index < -0.39 is 5.91 Å². The number of aromatic nitrogens is 2. The molecule has 0 fully saturated rings. The van der Waals surface area contributed by atoms with Gasteiger partial charge < -0.3 is 10.3 Å². The average molecular weight is 247 g/mol. The van der Waals surface area contributed by atoms with E-state index >= 15 is 0 Å². The molecule has 17 heavy (non-hydrogen) atoms. The highest BCUT2D eigenvalue weighted by Gasteiger charge is 2.18. The monoisotopic (exact) mass is 247 g/mol. The number of primary amides is 1. The second-order valence-corrected chi connectivity index (χ2v) is 4.87. The summed E-state index contributed by atoms with van der Waals surface area (Å²) in [6, 6.07) is 1.63. The van der Waals surface area contributed by atoms with Crippen LogP contribution in [0.1, 0.15) is 10.4 Å². The molecular weight excluding hydrogens is 238 g/mol. The van der Waals surface area contributed by atoms with Gasteiger partial charge in [0.05, 0.1) is 10.9 Å². The lowest BCUT2D eigenvalue weighted by atomic mass is 10.1. The zero-order valence-corrected chi connectivity index (χ0v) is 9.66.